The van der Waals surface area contributed by atoms with Crippen LogP contribution in [0.15, 0.2) is 18.2 Å². The summed E-state index contributed by atoms with van der Waals surface area (Å²) in [7, 11) is 0. The van der Waals surface area contributed by atoms with Gasteiger partial charge in [-0.3, -0.25) is 0 Å². The largest absolute Gasteiger partial charge is 0.358 e. The Balaban J connectivity index is 2.17. The Labute approximate surface area is 109 Å². The van der Waals surface area contributed by atoms with Gasteiger partial charge in [-0.05, 0) is 41.5 Å². The van der Waals surface area contributed by atoms with E-state index in [1.54, 1.807) is 0 Å². The summed E-state index contributed by atoms with van der Waals surface area (Å²) in [6.45, 7) is 6.80. The van der Waals surface area contributed by atoms with Crippen molar-refractivity contribution in [1.29, 1.82) is 0 Å². The fourth-order valence-corrected chi connectivity index (χ4v) is 2.92. The second kappa shape index (κ2) is 3.86. The van der Waals surface area contributed by atoms with Crippen molar-refractivity contribution in [3.63, 3.8) is 0 Å². The summed E-state index contributed by atoms with van der Waals surface area (Å²) in [6.07, 6.45) is 3.22. The molecule has 0 aliphatic heterocycles. The molecule has 2 heteroatoms. The van der Waals surface area contributed by atoms with Gasteiger partial charge in [0.15, 0.2) is 0 Å². The lowest BCUT2D eigenvalue weighted by Crippen LogP contribution is -2.27. The minimum absolute atomic E-state index is 0.212. The number of aryl methyl sites for hydroxylation is 1. The summed E-state index contributed by atoms with van der Waals surface area (Å²) in [5, 5.41) is 1.41. The Kier molecular flexibility index (Phi) is 2.53. The molecule has 0 saturated carbocycles. The molecular formula is C16H22N2. The molecule has 1 aromatic carbocycles. The van der Waals surface area contributed by atoms with Crippen LogP contribution in [-0.4, -0.2) is 11.0 Å². The smallest absolute Gasteiger partial charge is 0.0459 e. The lowest BCUT2D eigenvalue weighted by atomic mass is 9.85. The van der Waals surface area contributed by atoms with E-state index in [2.05, 4.69) is 44.0 Å². The topological polar surface area (TPSA) is 41.8 Å². The highest BCUT2D eigenvalue weighted by molar-refractivity contribution is 5.86. The highest BCUT2D eigenvalue weighted by atomic mass is 14.8. The summed E-state index contributed by atoms with van der Waals surface area (Å²) >= 11 is 0. The van der Waals surface area contributed by atoms with Crippen molar-refractivity contribution in [1.82, 2.24) is 4.98 Å². The summed E-state index contributed by atoms with van der Waals surface area (Å²) < 4.78 is 0. The van der Waals surface area contributed by atoms with E-state index in [4.69, 9.17) is 5.73 Å². The molecule has 2 nitrogen and oxygen atoms in total. The third kappa shape index (κ3) is 1.85. The molecule has 1 atom stereocenters. The first kappa shape index (κ1) is 11.8. The number of aromatic nitrogens is 1. The third-order valence-electron chi connectivity index (χ3n) is 4.09. The van der Waals surface area contributed by atoms with Gasteiger partial charge in [0.2, 0.25) is 0 Å². The van der Waals surface area contributed by atoms with E-state index in [0.717, 1.165) is 19.3 Å². The predicted molar refractivity (Wildman–Crippen MR) is 77.0 cm³/mol. The van der Waals surface area contributed by atoms with Gasteiger partial charge in [0.05, 0.1) is 0 Å². The van der Waals surface area contributed by atoms with E-state index in [1.807, 2.05) is 0 Å². The number of nitrogens with one attached hydrogen (secondary N) is 1. The molecule has 0 spiro atoms. The molecule has 1 aromatic heterocycles. The van der Waals surface area contributed by atoms with E-state index >= 15 is 0 Å². The number of benzene rings is 1. The van der Waals surface area contributed by atoms with E-state index in [-0.39, 0.29) is 5.41 Å². The second-order valence-corrected chi connectivity index (χ2v) is 6.60. The van der Waals surface area contributed by atoms with Gasteiger partial charge in [0, 0.05) is 29.1 Å². The van der Waals surface area contributed by atoms with Crippen molar-refractivity contribution in [2.45, 2.75) is 51.5 Å². The molecule has 0 radical (unpaired) electrons. The van der Waals surface area contributed by atoms with Crippen LogP contribution in [0.3, 0.4) is 0 Å². The number of rotatable bonds is 0. The molecule has 3 N–H and O–H groups in total. The van der Waals surface area contributed by atoms with Gasteiger partial charge in [-0.2, -0.15) is 0 Å². The molecule has 1 aliphatic carbocycles. The Hall–Kier alpha value is -1.28. The van der Waals surface area contributed by atoms with Crippen molar-refractivity contribution in [2.75, 3.05) is 0 Å². The van der Waals surface area contributed by atoms with Gasteiger partial charge in [-0.15, -0.1) is 0 Å². The van der Waals surface area contributed by atoms with Gasteiger partial charge in [-0.1, -0.05) is 26.8 Å². The molecule has 1 aliphatic rings. The van der Waals surface area contributed by atoms with Gasteiger partial charge >= 0.3 is 0 Å². The van der Waals surface area contributed by atoms with Crippen LogP contribution in [0.4, 0.5) is 0 Å². The van der Waals surface area contributed by atoms with E-state index in [0.29, 0.717) is 6.04 Å². The van der Waals surface area contributed by atoms with Crippen LogP contribution in [0, 0.1) is 0 Å². The van der Waals surface area contributed by atoms with Crippen molar-refractivity contribution in [2.24, 2.45) is 5.73 Å². The Bertz CT molecular complexity index is 587. The summed E-state index contributed by atoms with van der Waals surface area (Å²) in [4.78, 5) is 3.55. The molecule has 3 rings (SSSR count). The van der Waals surface area contributed by atoms with Crippen molar-refractivity contribution < 1.29 is 0 Å². The molecule has 2 aromatic rings. The third-order valence-corrected chi connectivity index (χ3v) is 4.09. The van der Waals surface area contributed by atoms with Crippen LogP contribution in [-0.2, 0) is 18.3 Å². The van der Waals surface area contributed by atoms with Crippen LogP contribution in [0.5, 0.6) is 0 Å². The summed E-state index contributed by atoms with van der Waals surface area (Å²) in [5.74, 6) is 0. The monoisotopic (exact) mass is 242 g/mol. The van der Waals surface area contributed by atoms with Gasteiger partial charge < -0.3 is 10.7 Å². The lowest BCUT2D eigenvalue weighted by Gasteiger charge is -2.20. The molecule has 1 unspecified atom stereocenters. The van der Waals surface area contributed by atoms with Gasteiger partial charge in [0.1, 0.15) is 0 Å². The van der Waals surface area contributed by atoms with Gasteiger partial charge in [0.25, 0.3) is 0 Å². The van der Waals surface area contributed by atoms with E-state index < -0.39 is 0 Å². The molecule has 0 saturated heterocycles. The van der Waals surface area contributed by atoms with Crippen molar-refractivity contribution >= 4 is 10.9 Å². The standard InChI is InChI=1S/C16H22N2/c1-16(2,3)10-4-7-14-13(8-10)12-6-5-11(17)9-15(12)18-14/h4,7-8,11,18H,5-6,9,17H2,1-3H3. The van der Waals surface area contributed by atoms with E-state index in [9.17, 15) is 0 Å². The number of aromatic amines is 1. The molecule has 0 bridgehead atoms. The number of fused-ring (bicyclic) bond motifs is 3. The maximum absolute atomic E-state index is 6.05. The highest BCUT2D eigenvalue weighted by Gasteiger charge is 2.21. The molecule has 18 heavy (non-hydrogen) atoms. The van der Waals surface area contributed by atoms with Crippen molar-refractivity contribution in [3.05, 3.63) is 35.0 Å². The minimum atomic E-state index is 0.212. The number of hydrogen-bond donors (Lipinski definition) is 2. The Morgan fingerprint density at radius 1 is 1.28 bits per heavy atom. The Morgan fingerprint density at radius 3 is 2.78 bits per heavy atom. The highest BCUT2D eigenvalue weighted by Crippen LogP contribution is 2.32. The van der Waals surface area contributed by atoms with Crippen molar-refractivity contribution in [3.8, 4) is 0 Å². The summed E-state index contributed by atoms with van der Waals surface area (Å²) in [5.41, 5.74) is 11.8. The fraction of sp³-hybridized carbons (Fsp3) is 0.500. The first-order valence-corrected chi connectivity index (χ1v) is 6.84. The van der Waals surface area contributed by atoms with Crippen LogP contribution in [0.2, 0.25) is 0 Å². The number of H-pyrrole nitrogens is 1. The average Bonchev–Trinajstić information content (AvgIpc) is 2.63. The zero-order valence-electron chi connectivity index (χ0n) is 11.5. The number of nitrogens with two attached hydrogens (primary N) is 1. The average molecular weight is 242 g/mol. The van der Waals surface area contributed by atoms with E-state index in [1.165, 1.54) is 27.7 Å². The molecular weight excluding hydrogens is 220 g/mol. The molecule has 1 heterocycles. The molecule has 0 amide bonds. The minimum Gasteiger partial charge on any atom is -0.358 e. The second-order valence-electron chi connectivity index (χ2n) is 6.60. The zero-order chi connectivity index (χ0) is 12.9. The fourth-order valence-electron chi connectivity index (χ4n) is 2.92. The first-order chi connectivity index (χ1) is 8.45. The quantitative estimate of drug-likeness (QED) is 0.731. The lowest BCUT2D eigenvalue weighted by molar-refractivity contribution is 0.572. The maximum atomic E-state index is 6.05. The van der Waals surface area contributed by atoms with Crippen LogP contribution in [0.1, 0.15) is 44.0 Å². The Morgan fingerprint density at radius 2 is 2.06 bits per heavy atom. The maximum Gasteiger partial charge on any atom is 0.0459 e. The number of hydrogen-bond acceptors (Lipinski definition) is 1. The van der Waals surface area contributed by atoms with Crippen LogP contribution < -0.4 is 5.73 Å². The molecule has 96 valence electrons. The SMILES string of the molecule is CC(C)(C)c1ccc2[nH]c3c(c2c1)CCC(N)C3. The summed E-state index contributed by atoms with van der Waals surface area (Å²) in [6, 6.07) is 7.15. The van der Waals surface area contributed by atoms with Crippen LogP contribution >= 0.6 is 0 Å². The normalized spacial score (nSPS) is 20.1. The first-order valence-electron chi connectivity index (χ1n) is 6.84. The van der Waals surface area contributed by atoms with Gasteiger partial charge in [-0.25, -0.2) is 0 Å². The van der Waals surface area contributed by atoms with Crippen LogP contribution in [0.25, 0.3) is 10.9 Å². The predicted octanol–water partition coefficient (Wildman–Crippen LogP) is 3.28. The molecule has 0 fully saturated rings. The zero-order valence-corrected chi connectivity index (χ0v) is 11.5.